The lowest BCUT2D eigenvalue weighted by Crippen LogP contribution is -1.90. The quantitative estimate of drug-likeness (QED) is 0.710. The van der Waals surface area contributed by atoms with Crippen LogP contribution in [0.25, 0.3) is 22.0 Å². The van der Waals surface area contributed by atoms with Gasteiger partial charge in [-0.3, -0.25) is 4.98 Å². The van der Waals surface area contributed by atoms with E-state index < -0.39 is 0 Å². The van der Waals surface area contributed by atoms with E-state index in [1.807, 2.05) is 12.1 Å². The Bertz CT molecular complexity index is 725. The van der Waals surface area contributed by atoms with Crippen LogP contribution in [0.1, 0.15) is 0 Å². The Kier molecular flexibility index (Phi) is 2.41. The average molecular weight is 239 g/mol. The lowest BCUT2D eigenvalue weighted by Gasteiger charge is -2.04. The van der Waals surface area contributed by atoms with Crippen molar-refractivity contribution in [1.82, 2.24) is 9.97 Å². The van der Waals surface area contributed by atoms with E-state index in [1.165, 1.54) is 12.1 Å². The number of anilines is 1. The Hall–Kier alpha value is -2.49. The Labute approximate surface area is 103 Å². The van der Waals surface area contributed by atoms with E-state index in [-0.39, 0.29) is 5.82 Å². The number of hydrogen-bond acceptors (Lipinski definition) is 3. The first kappa shape index (κ1) is 10.7. The molecule has 3 rings (SSSR count). The summed E-state index contributed by atoms with van der Waals surface area (Å²) in [7, 11) is 0. The summed E-state index contributed by atoms with van der Waals surface area (Å²) in [5, 5.41) is 0.893. The normalized spacial score (nSPS) is 10.7. The highest BCUT2D eigenvalue weighted by atomic mass is 19.1. The molecule has 2 N–H and O–H groups in total. The van der Waals surface area contributed by atoms with Gasteiger partial charge in [0.15, 0.2) is 0 Å². The minimum absolute atomic E-state index is 0.282. The largest absolute Gasteiger partial charge is 0.384 e. The monoisotopic (exact) mass is 239 g/mol. The van der Waals surface area contributed by atoms with Crippen LogP contribution in [0.4, 0.5) is 10.2 Å². The summed E-state index contributed by atoms with van der Waals surface area (Å²) in [5.74, 6) is 0.183. The summed E-state index contributed by atoms with van der Waals surface area (Å²) < 4.78 is 13.0. The smallest absolute Gasteiger partial charge is 0.125 e. The topological polar surface area (TPSA) is 51.8 Å². The van der Waals surface area contributed by atoms with E-state index >= 15 is 0 Å². The van der Waals surface area contributed by atoms with Crippen LogP contribution in [0.15, 0.2) is 48.8 Å². The van der Waals surface area contributed by atoms with E-state index in [9.17, 15) is 4.39 Å². The van der Waals surface area contributed by atoms with Crippen molar-refractivity contribution in [3.05, 3.63) is 54.6 Å². The fraction of sp³-hybridized carbons (Fsp3) is 0. The summed E-state index contributed by atoms with van der Waals surface area (Å²) in [6, 6.07) is 10.2. The van der Waals surface area contributed by atoms with Crippen LogP contribution in [0, 0.1) is 5.82 Å². The maximum atomic E-state index is 13.0. The number of halogens is 1. The van der Waals surface area contributed by atoms with E-state index in [0.29, 0.717) is 11.3 Å². The predicted molar refractivity (Wildman–Crippen MR) is 69.3 cm³/mol. The molecule has 1 aromatic carbocycles. The molecule has 0 saturated carbocycles. The second kappa shape index (κ2) is 4.07. The first-order chi connectivity index (χ1) is 8.72. The number of nitrogens with zero attached hydrogens (tertiary/aromatic N) is 2. The fourth-order valence-electron chi connectivity index (χ4n) is 1.88. The molecule has 0 aliphatic rings. The maximum Gasteiger partial charge on any atom is 0.125 e. The molecule has 0 saturated heterocycles. The molecule has 0 aliphatic carbocycles. The van der Waals surface area contributed by atoms with Gasteiger partial charge in [-0.15, -0.1) is 0 Å². The summed E-state index contributed by atoms with van der Waals surface area (Å²) in [6.07, 6.45) is 3.36. The van der Waals surface area contributed by atoms with Gasteiger partial charge in [0.2, 0.25) is 0 Å². The minimum Gasteiger partial charge on any atom is -0.384 e. The molecule has 0 bridgehead atoms. The number of fused-ring (bicyclic) bond motifs is 1. The van der Waals surface area contributed by atoms with Gasteiger partial charge in [0.1, 0.15) is 11.6 Å². The summed E-state index contributed by atoms with van der Waals surface area (Å²) in [5.41, 5.74) is 8.17. The van der Waals surface area contributed by atoms with E-state index in [4.69, 9.17) is 5.73 Å². The highest BCUT2D eigenvalue weighted by Crippen LogP contribution is 2.23. The third-order valence-corrected chi connectivity index (χ3v) is 2.76. The summed E-state index contributed by atoms with van der Waals surface area (Å²) in [6.45, 7) is 0. The first-order valence-corrected chi connectivity index (χ1v) is 5.49. The molecule has 88 valence electrons. The van der Waals surface area contributed by atoms with Gasteiger partial charge >= 0.3 is 0 Å². The van der Waals surface area contributed by atoms with Gasteiger partial charge in [0.05, 0.1) is 5.52 Å². The molecule has 4 heteroatoms. The van der Waals surface area contributed by atoms with Crippen molar-refractivity contribution < 1.29 is 4.39 Å². The zero-order valence-electron chi connectivity index (χ0n) is 9.47. The fourth-order valence-corrected chi connectivity index (χ4v) is 1.88. The van der Waals surface area contributed by atoms with E-state index in [2.05, 4.69) is 9.97 Å². The Balaban J connectivity index is 2.16. The van der Waals surface area contributed by atoms with Gasteiger partial charge < -0.3 is 5.73 Å². The van der Waals surface area contributed by atoms with Crippen molar-refractivity contribution in [2.45, 2.75) is 0 Å². The second-order valence-corrected chi connectivity index (χ2v) is 4.03. The molecule has 0 spiro atoms. The second-order valence-electron chi connectivity index (χ2n) is 4.03. The lowest BCUT2D eigenvalue weighted by atomic mass is 10.1. The third kappa shape index (κ3) is 1.88. The van der Waals surface area contributed by atoms with E-state index in [0.717, 1.165) is 16.5 Å². The van der Waals surface area contributed by atoms with Crippen LogP contribution in [0.5, 0.6) is 0 Å². The lowest BCUT2D eigenvalue weighted by molar-refractivity contribution is 0.629. The Morgan fingerprint density at radius 3 is 2.67 bits per heavy atom. The minimum atomic E-state index is -0.282. The Morgan fingerprint density at radius 1 is 0.944 bits per heavy atom. The van der Waals surface area contributed by atoms with Gasteiger partial charge in [-0.2, -0.15) is 0 Å². The van der Waals surface area contributed by atoms with Gasteiger partial charge in [0, 0.05) is 29.4 Å². The van der Waals surface area contributed by atoms with Crippen LogP contribution in [-0.2, 0) is 0 Å². The molecule has 3 nitrogen and oxygen atoms in total. The van der Waals surface area contributed by atoms with Crippen molar-refractivity contribution in [2.75, 3.05) is 5.73 Å². The molecule has 2 aromatic heterocycles. The van der Waals surface area contributed by atoms with Gasteiger partial charge in [0.25, 0.3) is 0 Å². The molecule has 3 aromatic rings. The number of aromatic nitrogens is 2. The predicted octanol–water partition coefficient (Wildman–Crippen LogP) is 3.02. The Morgan fingerprint density at radius 2 is 1.83 bits per heavy atom. The zero-order valence-corrected chi connectivity index (χ0v) is 9.47. The molecular weight excluding hydrogens is 229 g/mol. The molecule has 0 radical (unpaired) electrons. The number of pyridine rings is 2. The number of nitrogens with two attached hydrogens (primary N) is 1. The van der Waals surface area contributed by atoms with Crippen LogP contribution in [0.2, 0.25) is 0 Å². The highest BCUT2D eigenvalue weighted by Gasteiger charge is 2.02. The molecule has 0 fully saturated rings. The maximum absolute atomic E-state index is 13.0. The zero-order chi connectivity index (χ0) is 12.5. The van der Waals surface area contributed by atoms with Crippen molar-refractivity contribution >= 4 is 16.7 Å². The third-order valence-electron chi connectivity index (χ3n) is 2.76. The molecule has 0 unspecified atom stereocenters. The standard InChI is InChI=1S/C14H10FN3/c15-12-2-1-10-5-11(8-18-13(10)7-12)9-3-4-17-14(16)6-9/h1-8H,(H2,16,17). The van der Waals surface area contributed by atoms with Crippen LogP contribution < -0.4 is 5.73 Å². The molecule has 0 aliphatic heterocycles. The van der Waals surface area contributed by atoms with Crippen LogP contribution in [-0.4, -0.2) is 9.97 Å². The van der Waals surface area contributed by atoms with E-state index in [1.54, 1.807) is 24.5 Å². The number of nitrogen functional groups attached to an aromatic ring is 1. The molecule has 2 heterocycles. The average Bonchev–Trinajstić information content (AvgIpc) is 2.38. The SMILES string of the molecule is Nc1cc(-c2cnc3cc(F)ccc3c2)ccn1. The molecular formula is C14H10FN3. The summed E-state index contributed by atoms with van der Waals surface area (Å²) in [4.78, 5) is 8.19. The summed E-state index contributed by atoms with van der Waals surface area (Å²) >= 11 is 0. The van der Waals surface area contributed by atoms with Gasteiger partial charge in [-0.25, -0.2) is 9.37 Å². The number of rotatable bonds is 1. The van der Waals surface area contributed by atoms with Crippen molar-refractivity contribution in [3.8, 4) is 11.1 Å². The molecule has 18 heavy (non-hydrogen) atoms. The van der Waals surface area contributed by atoms with Gasteiger partial charge in [-0.05, 0) is 35.9 Å². The van der Waals surface area contributed by atoms with Crippen LogP contribution in [0.3, 0.4) is 0 Å². The van der Waals surface area contributed by atoms with Gasteiger partial charge in [-0.1, -0.05) is 0 Å². The molecule has 0 amide bonds. The number of benzene rings is 1. The highest BCUT2D eigenvalue weighted by molar-refractivity contribution is 5.83. The number of hydrogen-bond donors (Lipinski definition) is 1. The van der Waals surface area contributed by atoms with Crippen molar-refractivity contribution in [2.24, 2.45) is 0 Å². The van der Waals surface area contributed by atoms with Crippen LogP contribution >= 0.6 is 0 Å². The van der Waals surface area contributed by atoms with Crippen molar-refractivity contribution in [3.63, 3.8) is 0 Å². The van der Waals surface area contributed by atoms with Crippen molar-refractivity contribution in [1.29, 1.82) is 0 Å². The first-order valence-electron chi connectivity index (χ1n) is 5.49. The molecule has 0 atom stereocenters.